The van der Waals surface area contributed by atoms with Crippen LogP contribution < -0.4 is 21.1 Å². The number of urea groups is 1. The maximum Gasteiger partial charge on any atom is 0.404 e. The molecule has 3 aromatic rings. The van der Waals surface area contributed by atoms with Gasteiger partial charge in [0.05, 0.1) is 14.8 Å². The number of hydrogen-bond acceptors (Lipinski definition) is 7. The van der Waals surface area contributed by atoms with Crippen molar-refractivity contribution < 1.29 is 27.1 Å². The number of carbonyl (C=O) groups excluding carboxylic acids is 2. The Kier molecular flexibility index (Phi) is 9.30. The van der Waals surface area contributed by atoms with Gasteiger partial charge in [0.2, 0.25) is 10.0 Å². The highest BCUT2D eigenvalue weighted by atomic mass is 32.2. The van der Waals surface area contributed by atoms with Crippen LogP contribution in [0.2, 0.25) is 0 Å². The lowest BCUT2D eigenvalue weighted by Crippen LogP contribution is -2.40. The summed E-state index contributed by atoms with van der Waals surface area (Å²) >= 11 is 1.42. The molecule has 0 aliphatic heterocycles. The standard InChI is InChI=1S/C28H34FN5O5S2/c1-28(2,3)34-41(37,38)24-14-20(33-27(36)32-15-17-5-4-6-19(29)13-17)9-12-22(24)23-16-31-25(40-23)18-7-10-21(11-8-18)39-26(30)35/h4-6,9,12-14,16,18,21,34H,7-8,10-11,15H2,1-3H3,(H2,30,35)(H2,32,33,36)/t18-,21-. The topological polar surface area (TPSA) is 153 Å². The third kappa shape index (κ3) is 8.47. The number of carbonyl (C=O) groups is 2. The van der Waals surface area contributed by atoms with Crippen LogP contribution in [0.15, 0.2) is 53.6 Å². The van der Waals surface area contributed by atoms with Gasteiger partial charge in [-0.25, -0.2) is 32.1 Å². The third-order valence-electron chi connectivity index (χ3n) is 6.41. The van der Waals surface area contributed by atoms with Gasteiger partial charge in [-0.1, -0.05) is 18.2 Å². The minimum Gasteiger partial charge on any atom is -0.446 e. The van der Waals surface area contributed by atoms with Gasteiger partial charge >= 0.3 is 12.1 Å². The zero-order valence-electron chi connectivity index (χ0n) is 23.1. The molecule has 1 fully saturated rings. The van der Waals surface area contributed by atoms with Crippen molar-refractivity contribution in [2.45, 2.75) is 75.5 Å². The highest BCUT2D eigenvalue weighted by Crippen LogP contribution is 2.40. The van der Waals surface area contributed by atoms with E-state index in [1.807, 2.05) is 0 Å². The molecular formula is C28H34FN5O5S2. The molecule has 1 aromatic heterocycles. The highest BCUT2D eigenvalue weighted by Gasteiger charge is 2.29. The second kappa shape index (κ2) is 12.5. The van der Waals surface area contributed by atoms with Gasteiger partial charge in [0, 0.05) is 35.4 Å². The van der Waals surface area contributed by atoms with Crippen molar-refractivity contribution in [3.8, 4) is 10.4 Å². The van der Waals surface area contributed by atoms with Gasteiger partial charge in [0.25, 0.3) is 0 Å². The van der Waals surface area contributed by atoms with E-state index in [9.17, 15) is 22.4 Å². The number of nitrogens with two attached hydrogens (primary N) is 1. The van der Waals surface area contributed by atoms with E-state index < -0.39 is 33.5 Å². The molecule has 0 atom stereocenters. The summed E-state index contributed by atoms with van der Waals surface area (Å²) in [6, 6.07) is 10.00. The van der Waals surface area contributed by atoms with E-state index in [1.54, 1.807) is 51.2 Å². The number of primary amides is 1. The van der Waals surface area contributed by atoms with Gasteiger partial charge in [-0.15, -0.1) is 11.3 Å². The second-order valence-corrected chi connectivity index (χ2v) is 13.7. The number of ether oxygens (including phenoxy) is 1. The first-order chi connectivity index (χ1) is 19.3. The lowest BCUT2D eigenvalue weighted by Gasteiger charge is -2.26. The summed E-state index contributed by atoms with van der Waals surface area (Å²) in [4.78, 5) is 28.9. The Morgan fingerprint density at radius 1 is 1.12 bits per heavy atom. The van der Waals surface area contributed by atoms with Crippen LogP contribution in [-0.4, -0.2) is 37.2 Å². The fourth-order valence-corrected chi connectivity index (χ4v) is 7.54. The fourth-order valence-electron chi connectivity index (χ4n) is 4.68. The quantitative estimate of drug-likeness (QED) is 0.268. The number of sulfonamides is 1. The molecule has 0 unspecified atom stereocenters. The molecule has 1 aliphatic carbocycles. The van der Waals surface area contributed by atoms with E-state index in [2.05, 4.69) is 20.3 Å². The van der Waals surface area contributed by atoms with E-state index in [-0.39, 0.29) is 29.1 Å². The van der Waals surface area contributed by atoms with Gasteiger partial charge < -0.3 is 21.1 Å². The first kappa shape index (κ1) is 30.4. The van der Waals surface area contributed by atoms with E-state index in [0.717, 1.165) is 17.8 Å². The van der Waals surface area contributed by atoms with Gasteiger partial charge in [-0.2, -0.15) is 0 Å². The lowest BCUT2D eigenvalue weighted by molar-refractivity contribution is 0.0787. The predicted molar refractivity (Wildman–Crippen MR) is 156 cm³/mol. The number of rotatable bonds is 8. The monoisotopic (exact) mass is 603 g/mol. The molecule has 0 radical (unpaired) electrons. The Morgan fingerprint density at radius 2 is 1.85 bits per heavy atom. The van der Waals surface area contributed by atoms with Crippen molar-refractivity contribution in [2.24, 2.45) is 5.73 Å². The minimum absolute atomic E-state index is 0.00382. The normalized spacial score (nSPS) is 17.6. The second-order valence-electron chi connectivity index (χ2n) is 11.0. The summed E-state index contributed by atoms with van der Waals surface area (Å²) in [6.45, 7) is 5.33. The number of nitrogens with one attached hydrogen (secondary N) is 3. The summed E-state index contributed by atoms with van der Waals surface area (Å²) in [5.41, 5.74) is 5.72. The summed E-state index contributed by atoms with van der Waals surface area (Å²) in [6.07, 6.45) is 3.60. The summed E-state index contributed by atoms with van der Waals surface area (Å²) in [5, 5.41) is 6.19. The van der Waals surface area contributed by atoms with Gasteiger partial charge in [0.1, 0.15) is 11.9 Å². The molecule has 4 rings (SSSR count). The zero-order valence-corrected chi connectivity index (χ0v) is 24.7. The highest BCUT2D eigenvalue weighted by molar-refractivity contribution is 7.89. The Balaban J connectivity index is 1.55. The molecule has 0 bridgehead atoms. The van der Waals surface area contributed by atoms with Crippen LogP contribution >= 0.6 is 11.3 Å². The van der Waals surface area contributed by atoms with E-state index in [1.165, 1.54) is 29.5 Å². The van der Waals surface area contributed by atoms with E-state index in [4.69, 9.17) is 10.5 Å². The molecule has 41 heavy (non-hydrogen) atoms. The molecule has 2 aromatic carbocycles. The first-order valence-corrected chi connectivity index (χ1v) is 15.5. The van der Waals surface area contributed by atoms with Crippen molar-refractivity contribution in [1.82, 2.24) is 15.0 Å². The Bertz CT molecular complexity index is 1510. The van der Waals surface area contributed by atoms with Crippen molar-refractivity contribution in [3.05, 3.63) is 65.0 Å². The molecular weight excluding hydrogens is 569 g/mol. The molecule has 0 saturated heterocycles. The Labute approximate surface area is 242 Å². The Hall–Kier alpha value is -3.55. The van der Waals surface area contributed by atoms with Crippen LogP contribution in [0.1, 0.15) is 62.9 Å². The molecule has 220 valence electrons. The Morgan fingerprint density at radius 3 is 2.51 bits per heavy atom. The fraction of sp³-hybridized carbons (Fsp3) is 0.393. The predicted octanol–water partition coefficient (Wildman–Crippen LogP) is 5.47. The zero-order chi connectivity index (χ0) is 29.8. The van der Waals surface area contributed by atoms with Gasteiger partial charge in [-0.3, -0.25) is 0 Å². The molecule has 5 N–H and O–H groups in total. The average Bonchev–Trinajstić information content (AvgIpc) is 3.36. The van der Waals surface area contributed by atoms with Gasteiger partial charge in [0.15, 0.2) is 0 Å². The molecule has 3 amide bonds. The average molecular weight is 604 g/mol. The summed E-state index contributed by atoms with van der Waals surface area (Å²) < 4.78 is 48.3. The van der Waals surface area contributed by atoms with E-state index >= 15 is 0 Å². The van der Waals surface area contributed by atoms with Crippen LogP contribution in [0.4, 0.5) is 19.7 Å². The lowest BCUT2D eigenvalue weighted by atomic mass is 9.88. The van der Waals surface area contributed by atoms with Crippen molar-refractivity contribution in [1.29, 1.82) is 0 Å². The van der Waals surface area contributed by atoms with Crippen molar-refractivity contribution >= 4 is 39.2 Å². The number of hydrogen-bond donors (Lipinski definition) is 4. The van der Waals surface area contributed by atoms with Crippen molar-refractivity contribution in [3.63, 3.8) is 0 Å². The first-order valence-electron chi connectivity index (χ1n) is 13.2. The van der Waals surface area contributed by atoms with Crippen LogP contribution in [0.3, 0.4) is 0 Å². The summed E-state index contributed by atoms with van der Waals surface area (Å²) in [5.74, 6) is -0.241. The number of benzene rings is 2. The molecule has 10 nitrogen and oxygen atoms in total. The number of halogens is 1. The molecule has 1 aliphatic rings. The molecule has 1 saturated carbocycles. The summed E-state index contributed by atoms with van der Waals surface area (Å²) in [7, 11) is -3.99. The largest absolute Gasteiger partial charge is 0.446 e. The maximum absolute atomic E-state index is 13.5. The SMILES string of the molecule is CC(C)(C)NS(=O)(=O)c1cc(NC(=O)NCc2cccc(F)c2)ccc1-c1cnc([C@H]2CC[C@H](OC(N)=O)CC2)s1. The molecule has 13 heteroatoms. The van der Waals surface area contributed by atoms with Crippen LogP contribution in [0, 0.1) is 5.82 Å². The smallest absolute Gasteiger partial charge is 0.404 e. The molecule has 1 heterocycles. The number of amides is 3. The van der Waals surface area contributed by atoms with Crippen LogP contribution in [-0.2, 0) is 21.3 Å². The maximum atomic E-state index is 13.5. The number of thiazole rings is 1. The number of anilines is 1. The molecule has 0 spiro atoms. The van der Waals surface area contributed by atoms with Crippen LogP contribution in [0.25, 0.3) is 10.4 Å². The number of aromatic nitrogens is 1. The van der Waals surface area contributed by atoms with E-state index in [0.29, 0.717) is 28.8 Å². The van der Waals surface area contributed by atoms with Crippen molar-refractivity contribution in [2.75, 3.05) is 5.32 Å². The third-order valence-corrected chi connectivity index (χ3v) is 9.40. The van der Waals surface area contributed by atoms with Crippen LogP contribution in [0.5, 0.6) is 0 Å². The van der Waals surface area contributed by atoms with Gasteiger partial charge in [-0.05, 0) is 76.3 Å². The minimum atomic E-state index is -3.99. The number of nitrogens with zero attached hydrogens (tertiary/aromatic N) is 1.